The van der Waals surface area contributed by atoms with Gasteiger partial charge >= 0.3 is 0 Å². The maximum Gasteiger partial charge on any atom is 0.193 e. The number of hydrogen-bond donors (Lipinski definition) is 0. The molecule has 260 valence electrons. The minimum Gasteiger partial charge on any atom is -0.457 e. The lowest BCUT2D eigenvalue weighted by molar-refractivity contribution is 0.103. The molecule has 0 fully saturated rings. The van der Waals surface area contributed by atoms with E-state index in [0.717, 1.165) is 55.5 Å². The van der Waals surface area contributed by atoms with Crippen molar-refractivity contribution >= 4 is 16.6 Å². The van der Waals surface area contributed by atoms with Gasteiger partial charge in [-0.05, 0) is 119 Å². The van der Waals surface area contributed by atoms with Crippen molar-refractivity contribution in [2.75, 3.05) is 28.4 Å². The molecule has 7 heteroatoms. The Labute approximate surface area is 299 Å². The van der Waals surface area contributed by atoms with Gasteiger partial charge in [0.25, 0.3) is 0 Å². The number of carbonyl (C=O) groups is 1. The van der Waals surface area contributed by atoms with Gasteiger partial charge in [-0.25, -0.2) is 0 Å². The molecule has 0 heterocycles. The fraction of sp³-hybridized carbons (Fsp3) is 0.205. The van der Waals surface area contributed by atoms with E-state index in [4.69, 9.17) is 28.4 Å². The van der Waals surface area contributed by atoms with Crippen LogP contribution in [-0.4, -0.2) is 34.2 Å². The van der Waals surface area contributed by atoms with Gasteiger partial charge in [0.1, 0.15) is 23.0 Å². The quantitative estimate of drug-likeness (QED) is 0.0999. The third-order valence-electron chi connectivity index (χ3n) is 8.83. The zero-order valence-electron chi connectivity index (χ0n) is 29.7. The normalized spacial score (nSPS) is 11.2. The van der Waals surface area contributed by atoms with Gasteiger partial charge in [-0.1, -0.05) is 36.4 Å². The molecule has 0 spiro atoms. The van der Waals surface area contributed by atoms with Crippen molar-refractivity contribution in [3.63, 3.8) is 0 Å². The predicted octanol–water partition coefficient (Wildman–Crippen LogP) is 10.2. The Kier molecular flexibility index (Phi) is 11.6. The topological polar surface area (TPSA) is 72.5 Å². The van der Waals surface area contributed by atoms with Crippen LogP contribution in [0.4, 0.5) is 0 Å². The standard InChI is InChI=1S/C44H42O7/c1-29-35(25-46-2)21-33(22-36(29)26-47-3)34-23-37(27-48-4)44(38(24-34)28-49-5)51-40-19-15-32(16-20-40)43(45)31-13-17-39(18-14-31)50-42-12-8-10-30-9-6-7-11-41(30)42/h6-24H,25-28H2,1-5H3. The molecule has 0 atom stereocenters. The van der Waals surface area contributed by atoms with Crippen molar-refractivity contribution in [3.05, 3.63) is 154 Å². The summed E-state index contributed by atoms with van der Waals surface area (Å²) in [5, 5.41) is 2.13. The lowest BCUT2D eigenvalue weighted by atomic mass is 9.93. The minimum absolute atomic E-state index is 0.0958. The fourth-order valence-corrected chi connectivity index (χ4v) is 6.24. The third-order valence-corrected chi connectivity index (χ3v) is 8.83. The van der Waals surface area contributed by atoms with E-state index >= 15 is 0 Å². The second-order valence-electron chi connectivity index (χ2n) is 12.3. The Morgan fingerprint density at radius 3 is 1.49 bits per heavy atom. The van der Waals surface area contributed by atoms with Crippen LogP contribution < -0.4 is 9.47 Å². The molecule has 0 aromatic heterocycles. The minimum atomic E-state index is -0.0958. The van der Waals surface area contributed by atoms with E-state index in [-0.39, 0.29) is 5.78 Å². The van der Waals surface area contributed by atoms with Crippen molar-refractivity contribution in [1.29, 1.82) is 0 Å². The molecule has 0 aliphatic carbocycles. The first kappa shape index (κ1) is 35.5. The Balaban J connectivity index is 1.23. The molecular formula is C44H42O7. The van der Waals surface area contributed by atoms with Gasteiger partial charge in [0.15, 0.2) is 5.78 Å². The molecule has 0 saturated heterocycles. The first-order valence-electron chi connectivity index (χ1n) is 16.7. The van der Waals surface area contributed by atoms with Gasteiger partial charge in [-0.15, -0.1) is 0 Å². The summed E-state index contributed by atoms with van der Waals surface area (Å²) in [4.78, 5) is 13.4. The van der Waals surface area contributed by atoms with E-state index in [0.29, 0.717) is 54.8 Å². The summed E-state index contributed by atoms with van der Waals surface area (Å²) >= 11 is 0. The molecule has 0 bridgehead atoms. The van der Waals surface area contributed by atoms with Crippen molar-refractivity contribution in [2.45, 2.75) is 33.4 Å². The van der Waals surface area contributed by atoms with Gasteiger partial charge in [-0.2, -0.15) is 0 Å². The molecule has 7 nitrogen and oxygen atoms in total. The van der Waals surface area contributed by atoms with Crippen LogP contribution >= 0.6 is 0 Å². The highest BCUT2D eigenvalue weighted by Crippen LogP contribution is 2.37. The summed E-state index contributed by atoms with van der Waals surface area (Å²) in [6, 6.07) is 36.9. The number of ether oxygens (including phenoxy) is 6. The van der Waals surface area contributed by atoms with Crippen LogP contribution in [0.2, 0.25) is 0 Å². The van der Waals surface area contributed by atoms with Crippen LogP contribution in [0.1, 0.15) is 43.7 Å². The Morgan fingerprint density at radius 2 is 0.961 bits per heavy atom. The van der Waals surface area contributed by atoms with Gasteiger partial charge in [0.2, 0.25) is 0 Å². The van der Waals surface area contributed by atoms with E-state index in [1.165, 1.54) is 0 Å². The number of benzene rings is 6. The van der Waals surface area contributed by atoms with Gasteiger partial charge in [0.05, 0.1) is 26.4 Å². The SMILES string of the molecule is COCc1cc(-c2cc(COC)c(Oc3ccc(C(=O)c4ccc(Oc5cccc6ccccc56)cc4)cc3)c(COC)c2)cc(COC)c1C. The number of hydrogen-bond acceptors (Lipinski definition) is 7. The molecule has 0 radical (unpaired) electrons. The van der Waals surface area contributed by atoms with Gasteiger partial charge in [-0.3, -0.25) is 4.79 Å². The second kappa shape index (κ2) is 16.6. The summed E-state index contributed by atoms with van der Waals surface area (Å²) < 4.78 is 34.9. The smallest absolute Gasteiger partial charge is 0.193 e. The van der Waals surface area contributed by atoms with Crippen LogP contribution in [0, 0.1) is 6.92 Å². The first-order valence-corrected chi connectivity index (χ1v) is 16.7. The Bertz CT molecular complexity index is 2060. The summed E-state index contributed by atoms with van der Waals surface area (Å²) in [5.41, 5.74) is 8.25. The highest BCUT2D eigenvalue weighted by Gasteiger charge is 2.18. The van der Waals surface area contributed by atoms with E-state index in [1.807, 2.05) is 42.5 Å². The number of methoxy groups -OCH3 is 4. The number of fused-ring (bicyclic) bond motifs is 1. The molecule has 6 rings (SSSR count). The molecule has 0 aliphatic heterocycles. The first-order chi connectivity index (χ1) is 24.9. The number of ketones is 1. The summed E-state index contributed by atoms with van der Waals surface area (Å²) in [6.45, 7) is 3.75. The summed E-state index contributed by atoms with van der Waals surface area (Å²) in [5.74, 6) is 2.58. The summed E-state index contributed by atoms with van der Waals surface area (Å²) in [7, 11) is 6.72. The Morgan fingerprint density at radius 1 is 0.510 bits per heavy atom. The molecular weight excluding hydrogens is 640 g/mol. The largest absolute Gasteiger partial charge is 0.457 e. The monoisotopic (exact) mass is 682 g/mol. The number of rotatable bonds is 15. The lowest BCUT2D eigenvalue weighted by Gasteiger charge is -2.19. The Hall–Kier alpha value is -5.31. The van der Waals surface area contributed by atoms with Crippen LogP contribution in [0.25, 0.3) is 21.9 Å². The molecule has 0 amide bonds. The maximum absolute atomic E-state index is 13.4. The molecule has 0 saturated carbocycles. The van der Waals surface area contributed by atoms with Crippen LogP contribution in [-0.2, 0) is 45.4 Å². The van der Waals surface area contributed by atoms with E-state index in [9.17, 15) is 4.79 Å². The van der Waals surface area contributed by atoms with Crippen molar-refractivity contribution in [3.8, 4) is 34.1 Å². The fourth-order valence-electron chi connectivity index (χ4n) is 6.24. The molecule has 0 unspecified atom stereocenters. The lowest BCUT2D eigenvalue weighted by Crippen LogP contribution is -2.04. The maximum atomic E-state index is 13.4. The van der Waals surface area contributed by atoms with Gasteiger partial charge in [0, 0.05) is 56.1 Å². The average molecular weight is 683 g/mol. The van der Waals surface area contributed by atoms with Crippen molar-refractivity contribution in [1.82, 2.24) is 0 Å². The highest BCUT2D eigenvalue weighted by molar-refractivity contribution is 6.09. The predicted molar refractivity (Wildman–Crippen MR) is 200 cm³/mol. The molecule has 51 heavy (non-hydrogen) atoms. The van der Waals surface area contributed by atoms with E-state index in [2.05, 4.69) is 43.3 Å². The molecule has 6 aromatic carbocycles. The van der Waals surface area contributed by atoms with Crippen LogP contribution in [0.15, 0.2) is 115 Å². The third kappa shape index (κ3) is 8.20. The van der Waals surface area contributed by atoms with Crippen LogP contribution in [0.3, 0.4) is 0 Å². The van der Waals surface area contributed by atoms with Crippen molar-refractivity contribution < 1.29 is 33.2 Å². The van der Waals surface area contributed by atoms with E-state index < -0.39 is 0 Å². The van der Waals surface area contributed by atoms with Crippen LogP contribution in [0.5, 0.6) is 23.0 Å². The van der Waals surface area contributed by atoms with E-state index in [1.54, 1.807) is 64.8 Å². The molecule has 0 N–H and O–H groups in total. The summed E-state index contributed by atoms with van der Waals surface area (Å²) in [6.07, 6.45) is 0. The van der Waals surface area contributed by atoms with Crippen molar-refractivity contribution in [2.24, 2.45) is 0 Å². The number of carbonyl (C=O) groups excluding carboxylic acids is 1. The highest BCUT2D eigenvalue weighted by atomic mass is 16.5. The average Bonchev–Trinajstić information content (AvgIpc) is 3.15. The zero-order valence-corrected chi connectivity index (χ0v) is 29.7. The van der Waals surface area contributed by atoms with Gasteiger partial charge < -0.3 is 28.4 Å². The molecule has 0 aliphatic rings. The second-order valence-corrected chi connectivity index (χ2v) is 12.3. The zero-order chi connectivity index (χ0) is 35.7. The molecule has 6 aromatic rings.